The molecule has 1 fully saturated rings. The van der Waals surface area contributed by atoms with Gasteiger partial charge in [-0.15, -0.1) is 0 Å². The minimum absolute atomic E-state index is 0.159. The minimum atomic E-state index is -0.901. The lowest BCUT2D eigenvalue weighted by Gasteiger charge is -2.38. The molecule has 1 aromatic carbocycles. The lowest BCUT2D eigenvalue weighted by molar-refractivity contribution is -0.384. The van der Waals surface area contributed by atoms with Crippen LogP contribution in [0.25, 0.3) is 0 Å². The topological polar surface area (TPSA) is 101 Å². The fourth-order valence-corrected chi connectivity index (χ4v) is 2.15. The maximum absolute atomic E-state index is 11.6. The lowest BCUT2D eigenvalue weighted by Crippen LogP contribution is -2.50. The van der Waals surface area contributed by atoms with Gasteiger partial charge in [0.1, 0.15) is 5.69 Å². The fourth-order valence-electron chi connectivity index (χ4n) is 2.15. The van der Waals surface area contributed by atoms with Crippen molar-refractivity contribution in [1.29, 1.82) is 0 Å². The van der Waals surface area contributed by atoms with Crippen LogP contribution in [0, 0.1) is 16.0 Å². The maximum Gasteiger partial charge on any atom is 0.310 e. The number of anilines is 1. The third-order valence-electron chi connectivity index (χ3n) is 3.39. The molecule has 0 spiro atoms. The highest BCUT2D eigenvalue weighted by atomic mass is 16.6. The number of nitro benzene ring substituents is 1. The van der Waals surface area contributed by atoms with Crippen molar-refractivity contribution in [3.63, 3.8) is 0 Å². The number of carboxylic acids is 1. The van der Waals surface area contributed by atoms with Gasteiger partial charge in [-0.3, -0.25) is 19.7 Å². The molecule has 1 aliphatic rings. The first kappa shape index (κ1) is 14.0. The van der Waals surface area contributed by atoms with Crippen LogP contribution in [0.2, 0.25) is 0 Å². The van der Waals surface area contributed by atoms with Crippen LogP contribution in [0.4, 0.5) is 11.4 Å². The number of aliphatic carboxylic acids is 1. The van der Waals surface area contributed by atoms with Gasteiger partial charge >= 0.3 is 5.97 Å². The number of hydrogen-bond acceptors (Lipinski definition) is 5. The molecule has 0 aliphatic carbocycles. The summed E-state index contributed by atoms with van der Waals surface area (Å²) in [5, 5.41) is 19.9. The molecule has 1 N–H and O–H groups in total. The number of ketones is 1. The van der Waals surface area contributed by atoms with Gasteiger partial charge in [0.15, 0.2) is 5.78 Å². The van der Waals surface area contributed by atoms with Crippen molar-refractivity contribution in [2.75, 3.05) is 18.0 Å². The monoisotopic (exact) mass is 278 g/mol. The molecule has 0 aromatic heterocycles. The van der Waals surface area contributed by atoms with Crippen LogP contribution in [0.5, 0.6) is 0 Å². The third-order valence-corrected chi connectivity index (χ3v) is 3.39. The molecule has 1 heterocycles. The van der Waals surface area contributed by atoms with Crippen molar-refractivity contribution >= 4 is 23.1 Å². The van der Waals surface area contributed by atoms with Crippen LogP contribution in [0.15, 0.2) is 18.2 Å². The van der Waals surface area contributed by atoms with E-state index in [4.69, 9.17) is 5.11 Å². The molecule has 0 radical (unpaired) electrons. The Morgan fingerprint density at radius 3 is 2.60 bits per heavy atom. The molecule has 106 valence electrons. The van der Waals surface area contributed by atoms with Crippen LogP contribution < -0.4 is 4.90 Å². The van der Waals surface area contributed by atoms with Crippen molar-refractivity contribution in [1.82, 2.24) is 0 Å². The van der Waals surface area contributed by atoms with E-state index in [1.54, 1.807) is 17.9 Å². The molecule has 7 heteroatoms. The second kappa shape index (κ2) is 5.28. The van der Waals surface area contributed by atoms with Gasteiger partial charge in [0, 0.05) is 31.1 Å². The number of benzene rings is 1. The van der Waals surface area contributed by atoms with Gasteiger partial charge in [-0.25, -0.2) is 0 Å². The highest BCUT2D eigenvalue weighted by Crippen LogP contribution is 2.34. The zero-order valence-corrected chi connectivity index (χ0v) is 10.9. The lowest BCUT2D eigenvalue weighted by atomic mass is 9.98. The van der Waals surface area contributed by atoms with Crippen LogP contribution >= 0.6 is 0 Å². The van der Waals surface area contributed by atoms with E-state index in [1.165, 1.54) is 12.1 Å². The number of Topliss-reactive ketones (excluding diaryl/α,β-unsaturated/α-hetero) is 1. The Labute approximate surface area is 115 Å². The number of hydrogen-bond donors (Lipinski definition) is 1. The van der Waals surface area contributed by atoms with Gasteiger partial charge in [-0.1, -0.05) is 6.92 Å². The zero-order chi connectivity index (χ0) is 14.9. The molecule has 1 saturated heterocycles. The van der Waals surface area contributed by atoms with Crippen LogP contribution in [-0.2, 0) is 4.79 Å². The number of carbonyl (C=O) groups excluding carboxylic acids is 1. The average Bonchev–Trinajstić information content (AvgIpc) is 2.35. The first-order chi connectivity index (χ1) is 9.43. The molecule has 0 amide bonds. The third kappa shape index (κ3) is 2.47. The van der Waals surface area contributed by atoms with E-state index in [0.29, 0.717) is 11.3 Å². The smallest absolute Gasteiger partial charge is 0.310 e. The second-order valence-electron chi connectivity index (χ2n) is 4.68. The first-order valence-corrected chi connectivity index (χ1v) is 6.23. The summed E-state index contributed by atoms with van der Waals surface area (Å²) in [6.07, 6.45) is 0.279. The van der Waals surface area contributed by atoms with Gasteiger partial charge in [0.2, 0.25) is 0 Å². The highest BCUT2D eigenvalue weighted by molar-refractivity contribution is 5.97. The Morgan fingerprint density at radius 2 is 2.10 bits per heavy atom. The van der Waals surface area contributed by atoms with Crippen molar-refractivity contribution in [3.8, 4) is 0 Å². The number of nitro groups is 1. The predicted octanol–water partition coefficient (Wildman–Crippen LogP) is 1.71. The van der Waals surface area contributed by atoms with Crippen molar-refractivity contribution < 1.29 is 19.6 Å². The van der Waals surface area contributed by atoms with Crippen LogP contribution in [-0.4, -0.2) is 34.9 Å². The molecule has 2 rings (SSSR count). The molecule has 1 aliphatic heterocycles. The van der Waals surface area contributed by atoms with E-state index in [-0.39, 0.29) is 31.0 Å². The molecular formula is C13H14N2O5. The molecule has 20 heavy (non-hydrogen) atoms. The second-order valence-corrected chi connectivity index (χ2v) is 4.68. The number of nitrogens with zero attached hydrogens (tertiary/aromatic N) is 2. The first-order valence-electron chi connectivity index (χ1n) is 6.23. The Bertz CT molecular complexity index is 578. The van der Waals surface area contributed by atoms with Crippen molar-refractivity contribution in [2.45, 2.75) is 13.3 Å². The van der Waals surface area contributed by atoms with Gasteiger partial charge in [0.05, 0.1) is 10.8 Å². The summed E-state index contributed by atoms with van der Waals surface area (Å²) in [5.74, 6) is -1.56. The van der Waals surface area contributed by atoms with Crippen LogP contribution in [0.1, 0.15) is 23.7 Å². The zero-order valence-electron chi connectivity index (χ0n) is 10.9. The van der Waals surface area contributed by atoms with E-state index in [0.717, 1.165) is 0 Å². The van der Waals surface area contributed by atoms with E-state index in [1.807, 2.05) is 0 Å². The summed E-state index contributed by atoms with van der Waals surface area (Å²) in [7, 11) is 0. The minimum Gasteiger partial charge on any atom is -0.481 e. The summed E-state index contributed by atoms with van der Waals surface area (Å²) >= 11 is 0. The fraction of sp³-hybridized carbons (Fsp3) is 0.385. The number of carbonyl (C=O) groups is 2. The molecule has 1 aromatic rings. The predicted molar refractivity (Wildman–Crippen MR) is 71.1 cm³/mol. The van der Waals surface area contributed by atoms with Gasteiger partial charge in [-0.05, 0) is 12.1 Å². The van der Waals surface area contributed by atoms with Gasteiger partial charge in [0.25, 0.3) is 5.69 Å². The molecule has 0 atom stereocenters. The Hall–Kier alpha value is -2.44. The van der Waals surface area contributed by atoms with Crippen LogP contribution in [0.3, 0.4) is 0 Å². The summed E-state index contributed by atoms with van der Waals surface area (Å²) in [4.78, 5) is 34.5. The molecule has 7 nitrogen and oxygen atoms in total. The Kier molecular flexibility index (Phi) is 3.69. The van der Waals surface area contributed by atoms with E-state index >= 15 is 0 Å². The molecule has 0 saturated carbocycles. The summed E-state index contributed by atoms with van der Waals surface area (Å²) in [6.45, 7) is 2.18. The highest BCUT2D eigenvalue weighted by Gasteiger charge is 2.35. The normalized spacial score (nSPS) is 14.8. The standard InChI is InChI=1S/C13H14N2O5/c1-2-12(16)8-3-4-10(11(5-8)15(19)20)14-6-9(7-14)13(17)18/h3-5,9H,2,6-7H2,1H3,(H,17,18). The quantitative estimate of drug-likeness (QED) is 0.500. The van der Waals surface area contributed by atoms with E-state index < -0.39 is 16.8 Å². The van der Waals surface area contributed by atoms with Gasteiger partial charge in [-0.2, -0.15) is 0 Å². The van der Waals surface area contributed by atoms with E-state index in [9.17, 15) is 19.7 Å². The van der Waals surface area contributed by atoms with Crippen molar-refractivity contribution in [3.05, 3.63) is 33.9 Å². The SMILES string of the molecule is CCC(=O)c1ccc(N2CC(C(=O)O)C2)c([N+](=O)[O-])c1. The maximum atomic E-state index is 11.6. The average molecular weight is 278 g/mol. The van der Waals surface area contributed by atoms with Crippen molar-refractivity contribution in [2.24, 2.45) is 5.92 Å². The number of carboxylic acid groups (broad SMARTS) is 1. The molecule has 0 unspecified atom stereocenters. The molecular weight excluding hydrogens is 264 g/mol. The summed E-state index contributed by atoms with van der Waals surface area (Å²) < 4.78 is 0. The largest absolute Gasteiger partial charge is 0.481 e. The Morgan fingerprint density at radius 1 is 1.45 bits per heavy atom. The van der Waals surface area contributed by atoms with E-state index in [2.05, 4.69) is 0 Å². The summed E-state index contributed by atoms with van der Waals surface area (Å²) in [6, 6.07) is 4.32. The number of rotatable bonds is 5. The van der Waals surface area contributed by atoms with Gasteiger partial charge < -0.3 is 10.0 Å². The molecule has 0 bridgehead atoms. The Balaban J connectivity index is 2.28. The summed E-state index contributed by atoms with van der Waals surface area (Å²) in [5.41, 5.74) is 0.506.